The Morgan fingerprint density at radius 3 is 1.52 bits per heavy atom. The van der Waals surface area contributed by atoms with E-state index in [1.54, 1.807) is 0 Å². The highest BCUT2D eigenvalue weighted by Crippen LogP contribution is 2.82. The molecule has 0 unspecified atom stereocenters. The lowest BCUT2D eigenvalue weighted by Crippen LogP contribution is -2.40. The summed E-state index contributed by atoms with van der Waals surface area (Å²) in [5.41, 5.74) is 3.56. The van der Waals surface area contributed by atoms with Crippen LogP contribution in [0.3, 0.4) is 0 Å². The van der Waals surface area contributed by atoms with Crippen molar-refractivity contribution in [3.8, 4) is 0 Å². The molecule has 0 amide bonds. The molecule has 138 valence electrons. The van der Waals surface area contributed by atoms with Gasteiger partial charge in [0.1, 0.15) is 0 Å². The summed E-state index contributed by atoms with van der Waals surface area (Å²) in [5.74, 6) is 0. The predicted molar refractivity (Wildman–Crippen MR) is 116 cm³/mol. The summed E-state index contributed by atoms with van der Waals surface area (Å²) in [4.78, 5) is 0. The Morgan fingerprint density at radius 1 is 0.704 bits per heavy atom. The number of hydrogen-bond acceptors (Lipinski definition) is 1. The average molecular weight is 373 g/mol. The van der Waals surface area contributed by atoms with E-state index in [-0.39, 0.29) is 10.5 Å². The fraction of sp³-hybridized carbons (Fsp3) is 0.280. The molecule has 3 aromatic carbocycles. The Labute approximate surface area is 163 Å². The largest absolute Gasteiger partial charge is 0.388 e. The first-order valence-electron chi connectivity index (χ1n) is 9.77. The number of aliphatic hydroxyl groups is 1. The molecule has 2 atom stereocenters. The van der Waals surface area contributed by atoms with Crippen LogP contribution in [0.4, 0.5) is 0 Å². The van der Waals surface area contributed by atoms with Gasteiger partial charge in [-0.1, -0.05) is 111 Å². The summed E-state index contributed by atoms with van der Waals surface area (Å²) >= 11 is 0. The zero-order valence-corrected chi connectivity index (χ0v) is 17.4. The molecule has 1 aliphatic rings. The first-order chi connectivity index (χ1) is 12.9. The second kappa shape index (κ2) is 6.47. The van der Waals surface area contributed by atoms with Gasteiger partial charge in [0, 0.05) is 10.5 Å². The van der Waals surface area contributed by atoms with Gasteiger partial charge in [-0.25, -0.2) is 0 Å². The Hall–Kier alpha value is -2.16. The van der Waals surface area contributed by atoms with Crippen LogP contribution in [0.2, 0.25) is 24.7 Å². The van der Waals surface area contributed by atoms with Crippen LogP contribution >= 0.6 is 0 Å². The van der Waals surface area contributed by atoms with E-state index < -0.39 is 14.2 Å². The summed E-state index contributed by atoms with van der Waals surface area (Å²) in [6, 6.07) is 31.9. The minimum Gasteiger partial charge on any atom is -0.388 e. The average Bonchev–Trinajstić information content (AvgIpc) is 3.43. The number of hydrogen-bond donors (Lipinski definition) is 1. The highest BCUT2D eigenvalue weighted by molar-refractivity contribution is 6.80. The van der Waals surface area contributed by atoms with Crippen LogP contribution in [0.5, 0.6) is 0 Å². The Morgan fingerprint density at radius 2 is 1.11 bits per heavy atom. The molecule has 0 aromatic heterocycles. The van der Waals surface area contributed by atoms with Crippen molar-refractivity contribution in [3.05, 3.63) is 108 Å². The maximum atomic E-state index is 11.7. The van der Waals surface area contributed by atoms with Gasteiger partial charge >= 0.3 is 0 Å². The number of aliphatic hydroxyl groups excluding tert-OH is 1. The fourth-order valence-electron chi connectivity index (χ4n) is 5.27. The molecule has 3 aromatic rings. The van der Waals surface area contributed by atoms with Crippen LogP contribution < -0.4 is 0 Å². The molecular weight excluding hydrogens is 344 g/mol. The molecule has 0 spiro atoms. The van der Waals surface area contributed by atoms with E-state index in [1.165, 1.54) is 11.1 Å². The molecule has 1 aliphatic carbocycles. The lowest BCUT2D eigenvalue weighted by molar-refractivity contribution is 0.149. The van der Waals surface area contributed by atoms with Crippen LogP contribution in [0.15, 0.2) is 91.0 Å². The summed E-state index contributed by atoms with van der Waals surface area (Å²) in [5, 5.41) is 11.6. The van der Waals surface area contributed by atoms with E-state index in [9.17, 15) is 5.11 Å². The molecule has 1 nitrogen and oxygen atoms in total. The Balaban J connectivity index is 1.95. The molecule has 1 saturated carbocycles. The van der Waals surface area contributed by atoms with Gasteiger partial charge in [0.05, 0.1) is 14.2 Å². The van der Waals surface area contributed by atoms with Crippen molar-refractivity contribution in [2.24, 2.45) is 0 Å². The maximum absolute atomic E-state index is 11.7. The molecule has 0 aliphatic heterocycles. The molecule has 27 heavy (non-hydrogen) atoms. The van der Waals surface area contributed by atoms with Crippen molar-refractivity contribution in [3.63, 3.8) is 0 Å². The molecule has 0 radical (unpaired) electrons. The highest BCUT2D eigenvalue weighted by Gasteiger charge is 2.76. The fourth-order valence-corrected chi connectivity index (χ4v) is 8.62. The number of rotatable bonds is 5. The smallest absolute Gasteiger partial charge is 0.0834 e. The summed E-state index contributed by atoms with van der Waals surface area (Å²) in [6.07, 6.45) is 0.533. The van der Waals surface area contributed by atoms with Crippen molar-refractivity contribution in [1.82, 2.24) is 0 Å². The van der Waals surface area contributed by atoms with E-state index >= 15 is 0 Å². The molecule has 1 N–H and O–H groups in total. The highest BCUT2D eigenvalue weighted by atomic mass is 28.3. The van der Waals surface area contributed by atoms with Crippen LogP contribution in [0, 0.1) is 0 Å². The Bertz CT molecular complexity index is 860. The summed E-state index contributed by atoms with van der Waals surface area (Å²) in [6.45, 7) is 7.23. The number of benzene rings is 3. The minimum atomic E-state index is -1.77. The van der Waals surface area contributed by atoms with Crippen LogP contribution in [-0.2, 0) is 5.41 Å². The van der Waals surface area contributed by atoms with Gasteiger partial charge in [0.15, 0.2) is 0 Å². The summed E-state index contributed by atoms with van der Waals surface area (Å²) < 4.78 is 0. The maximum Gasteiger partial charge on any atom is 0.0834 e. The molecule has 4 rings (SSSR count). The first kappa shape index (κ1) is 18.2. The molecule has 1 fully saturated rings. The van der Waals surface area contributed by atoms with Gasteiger partial charge in [-0.3, -0.25) is 0 Å². The molecule has 0 heterocycles. The Kier molecular flexibility index (Phi) is 4.36. The topological polar surface area (TPSA) is 20.2 Å². The monoisotopic (exact) mass is 372 g/mol. The van der Waals surface area contributed by atoms with Gasteiger partial charge in [-0.2, -0.15) is 0 Å². The zero-order chi connectivity index (χ0) is 19.1. The third-order valence-corrected chi connectivity index (χ3v) is 10.2. The van der Waals surface area contributed by atoms with Gasteiger partial charge in [-0.15, -0.1) is 0 Å². The van der Waals surface area contributed by atoms with E-state index in [4.69, 9.17) is 0 Å². The van der Waals surface area contributed by atoms with Crippen molar-refractivity contribution >= 4 is 8.07 Å². The third-order valence-electron chi connectivity index (χ3n) is 6.63. The first-order valence-corrected chi connectivity index (χ1v) is 13.3. The molecule has 0 saturated heterocycles. The van der Waals surface area contributed by atoms with Gasteiger partial charge in [-0.05, 0) is 23.1 Å². The van der Waals surface area contributed by atoms with Crippen LogP contribution in [0.1, 0.15) is 29.2 Å². The van der Waals surface area contributed by atoms with E-state index in [0.717, 1.165) is 12.0 Å². The minimum absolute atomic E-state index is 0.130. The molecular formula is C25H28OSi. The van der Waals surface area contributed by atoms with Crippen molar-refractivity contribution in [2.75, 3.05) is 0 Å². The lowest BCUT2D eigenvalue weighted by atomic mass is 9.83. The van der Waals surface area contributed by atoms with Gasteiger partial charge in [0.2, 0.25) is 0 Å². The van der Waals surface area contributed by atoms with Crippen LogP contribution in [0.25, 0.3) is 0 Å². The predicted octanol–water partition coefficient (Wildman–Crippen LogP) is 6.19. The third kappa shape index (κ3) is 2.62. The quantitative estimate of drug-likeness (QED) is 0.530. The molecule has 0 bridgehead atoms. The van der Waals surface area contributed by atoms with Gasteiger partial charge in [0.25, 0.3) is 0 Å². The second-order valence-corrected chi connectivity index (χ2v) is 14.2. The summed E-state index contributed by atoms with van der Waals surface area (Å²) in [7, 11) is -1.77. The second-order valence-electron chi connectivity index (χ2n) is 8.85. The van der Waals surface area contributed by atoms with Crippen molar-refractivity contribution in [2.45, 2.75) is 42.6 Å². The van der Waals surface area contributed by atoms with E-state index in [2.05, 4.69) is 92.4 Å². The normalized spacial score (nSPS) is 22.2. The van der Waals surface area contributed by atoms with E-state index in [1.807, 2.05) is 18.2 Å². The van der Waals surface area contributed by atoms with E-state index in [0.29, 0.717) is 0 Å². The van der Waals surface area contributed by atoms with Gasteiger partial charge < -0.3 is 5.11 Å². The lowest BCUT2D eigenvalue weighted by Gasteiger charge is -2.40. The SMILES string of the molecule is C[Si](C)(C)[C@@]1([C@H](O)c2ccccc2)CC1(c1ccccc1)c1ccccc1. The molecule has 2 heteroatoms. The van der Waals surface area contributed by atoms with Crippen molar-refractivity contribution < 1.29 is 5.11 Å². The zero-order valence-electron chi connectivity index (χ0n) is 16.4. The van der Waals surface area contributed by atoms with Crippen molar-refractivity contribution in [1.29, 1.82) is 0 Å². The standard InChI is InChI=1S/C25H28OSi/c1-27(2,3)25(23(26)20-13-7-4-8-14-20)19-24(25,21-15-9-5-10-16-21)22-17-11-6-12-18-22/h4-18,23,26H,19H2,1-3H3/t23-,25-/m1/s1. The van der Waals surface area contributed by atoms with Crippen LogP contribution in [-0.4, -0.2) is 13.2 Å².